The van der Waals surface area contributed by atoms with E-state index in [-0.39, 0.29) is 22.4 Å². The average Bonchev–Trinajstić information content (AvgIpc) is 3.10. The minimum Gasteiger partial charge on any atom is -0.340 e. The standard InChI is InChI=1S/C26H18FN5O3/c1-15-12-23(29-14-28-15)30-18-5-7-19(8-6-18)31-24(33)16-2-11-21-22(13-16)26(35)32(25(21)34)20-9-3-17(27)4-10-20/h2-14H,1H3,(H,31,33)(H,28,29,30). The van der Waals surface area contributed by atoms with E-state index in [0.717, 1.165) is 16.3 Å². The first-order valence-corrected chi connectivity index (χ1v) is 10.6. The number of aryl methyl sites for hydroxylation is 1. The van der Waals surface area contributed by atoms with Crippen molar-refractivity contribution in [2.24, 2.45) is 0 Å². The Morgan fingerprint density at radius 1 is 0.829 bits per heavy atom. The summed E-state index contributed by atoms with van der Waals surface area (Å²) in [6.07, 6.45) is 1.47. The van der Waals surface area contributed by atoms with E-state index < -0.39 is 23.5 Å². The van der Waals surface area contributed by atoms with Gasteiger partial charge < -0.3 is 10.6 Å². The zero-order valence-electron chi connectivity index (χ0n) is 18.4. The van der Waals surface area contributed by atoms with Crippen molar-refractivity contribution in [1.82, 2.24) is 9.97 Å². The molecule has 3 amide bonds. The average molecular weight is 467 g/mol. The van der Waals surface area contributed by atoms with E-state index in [4.69, 9.17) is 0 Å². The van der Waals surface area contributed by atoms with Crippen molar-refractivity contribution < 1.29 is 18.8 Å². The van der Waals surface area contributed by atoms with Crippen LogP contribution in [0.4, 0.5) is 27.3 Å². The summed E-state index contributed by atoms with van der Waals surface area (Å²) in [7, 11) is 0. The number of fused-ring (bicyclic) bond motifs is 1. The number of halogens is 1. The van der Waals surface area contributed by atoms with Gasteiger partial charge in [0.1, 0.15) is 18.0 Å². The van der Waals surface area contributed by atoms with Gasteiger partial charge in [0.25, 0.3) is 17.7 Å². The van der Waals surface area contributed by atoms with Gasteiger partial charge in [0.15, 0.2) is 0 Å². The summed E-state index contributed by atoms with van der Waals surface area (Å²) in [5.74, 6) is -1.34. The number of aromatic nitrogens is 2. The Morgan fingerprint density at radius 2 is 1.51 bits per heavy atom. The summed E-state index contributed by atoms with van der Waals surface area (Å²) in [4.78, 5) is 47.6. The Labute approximate surface area is 199 Å². The molecule has 0 radical (unpaired) electrons. The van der Waals surface area contributed by atoms with E-state index in [9.17, 15) is 18.8 Å². The Morgan fingerprint density at radius 3 is 2.23 bits per heavy atom. The van der Waals surface area contributed by atoms with Crippen molar-refractivity contribution in [1.29, 1.82) is 0 Å². The number of rotatable bonds is 5. The van der Waals surface area contributed by atoms with Gasteiger partial charge in [-0.05, 0) is 73.7 Å². The lowest BCUT2D eigenvalue weighted by molar-refractivity contribution is 0.0925. The summed E-state index contributed by atoms with van der Waals surface area (Å²) in [5.41, 5.74) is 2.96. The summed E-state index contributed by atoms with van der Waals surface area (Å²) >= 11 is 0. The molecule has 9 heteroatoms. The van der Waals surface area contributed by atoms with Crippen molar-refractivity contribution in [3.05, 3.63) is 107 Å². The second-order valence-electron chi connectivity index (χ2n) is 7.88. The topological polar surface area (TPSA) is 104 Å². The predicted molar refractivity (Wildman–Crippen MR) is 128 cm³/mol. The molecule has 4 aromatic rings. The fourth-order valence-electron chi connectivity index (χ4n) is 3.72. The molecule has 2 heterocycles. The SMILES string of the molecule is Cc1cc(Nc2ccc(NC(=O)c3ccc4c(c3)C(=O)N(c3ccc(F)cc3)C4=O)cc2)ncn1. The summed E-state index contributed by atoms with van der Waals surface area (Å²) < 4.78 is 13.2. The van der Waals surface area contributed by atoms with E-state index in [2.05, 4.69) is 20.6 Å². The molecular formula is C26H18FN5O3. The van der Waals surface area contributed by atoms with Crippen LogP contribution in [0.2, 0.25) is 0 Å². The van der Waals surface area contributed by atoms with Crippen LogP contribution in [-0.4, -0.2) is 27.7 Å². The second-order valence-corrected chi connectivity index (χ2v) is 7.88. The molecule has 0 saturated heterocycles. The smallest absolute Gasteiger partial charge is 0.266 e. The van der Waals surface area contributed by atoms with Crippen molar-refractivity contribution in [3.63, 3.8) is 0 Å². The molecule has 1 aromatic heterocycles. The van der Waals surface area contributed by atoms with Crippen molar-refractivity contribution in [2.45, 2.75) is 6.92 Å². The highest BCUT2D eigenvalue weighted by atomic mass is 19.1. The number of hydrogen-bond donors (Lipinski definition) is 2. The van der Waals surface area contributed by atoms with Gasteiger partial charge in [-0.15, -0.1) is 0 Å². The highest BCUT2D eigenvalue weighted by Crippen LogP contribution is 2.29. The quantitative estimate of drug-likeness (QED) is 0.412. The van der Waals surface area contributed by atoms with Crippen LogP contribution < -0.4 is 15.5 Å². The third-order valence-corrected chi connectivity index (χ3v) is 5.45. The van der Waals surface area contributed by atoms with E-state index >= 15 is 0 Å². The van der Waals surface area contributed by atoms with Gasteiger partial charge >= 0.3 is 0 Å². The minimum absolute atomic E-state index is 0.117. The van der Waals surface area contributed by atoms with E-state index in [0.29, 0.717) is 11.5 Å². The lowest BCUT2D eigenvalue weighted by Gasteiger charge is -2.13. The van der Waals surface area contributed by atoms with Gasteiger partial charge in [-0.3, -0.25) is 14.4 Å². The highest BCUT2D eigenvalue weighted by molar-refractivity contribution is 6.34. The minimum atomic E-state index is -0.568. The molecule has 35 heavy (non-hydrogen) atoms. The third kappa shape index (κ3) is 4.34. The molecule has 0 bridgehead atoms. The van der Waals surface area contributed by atoms with Gasteiger partial charge in [-0.2, -0.15) is 0 Å². The van der Waals surface area contributed by atoms with Gasteiger partial charge in [0, 0.05) is 28.7 Å². The predicted octanol–water partition coefficient (Wildman–Crippen LogP) is 4.72. The number of nitrogens with one attached hydrogen (secondary N) is 2. The van der Waals surface area contributed by atoms with Crippen LogP contribution in [0.15, 0.2) is 79.1 Å². The maximum absolute atomic E-state index is 13.2. The summed E-state index contributed by atoms with van der Waals surface area (Å²) in [5, 5.41) is 5.94. The van der Waals surface area contributed by atoms with Gasteiger partial charge in [0.05, 0.1) is 16.8 Å². The Balaban J connectivity index is 1.30. The molecule has 0 unspecified atom stereocenters. The molecule has 172 valence electrons. The van der Waals surface area contributed by atoms with E-state index in [1.54, 1.807) is 24.3 Å². The molecule has 0 spiro atoms. The van der Waals surface area contributed by atoms with Crippen LogP contribution in [0.5, 0.6) is 0 Å². The largest absolute Gasteiger partial charge is 0.340 e. The Hall–Kier alpha value is -4.92. The van der Waals surface area contributed by atoms with Gasteiger partial charge in [-0.1, -0.05) is 0 Å². The molecule has 8 nitrogen and oxygen atoms in total. The Bertz CT molecular complexity index is 1470. The summed E-state index contributed by atoms with van der Waals surface area (Å²) in [6.45, 7) is 1.87. The van der Waals surface area contributed by atoms with Crippen molar-refractivity contribution in [3.8, 4) is 0 Å². The molecular weight excluding hydrogens is 449 g/mol. The first-order chi connectivity index (χ1) is 16.9. The maximum atomic E-state index is 13.2. The normalized spacial score (nSPS) is 12.5. The number of hydrogen-bond acceptors (Lipinski definition) is 6. The number of imide groups is 1. The second kappa shape index (κ2) is 8.79. The van der Waals surface area contributed by atoms with Crippen molar-refractivity contribution in [2.75, 3.05) is 15.5 Å². The number of benzene rings is 3. The number of carbonyl (C=O) groups is 3. The lowest BCUT2D eigenvalue weighted by atomic mass is 10.1. The number of amides is 3. The first-order valence-electron chi connectivity index (χ1n) is 10.6. The zero-order chi connectivity index (χ0) is 24.5. The van der Waals surface area contributed by atoms with Crippen LogP contribution in [0.3, 0.4) is 0 Å². The molecule has 5 rings (SSSR count). The van der Waals surface area contributed by atoms with Crippen LogP contribution in [0, 0.1) is 12.7 Å². The van der Waals surface area contributed by atoms with Gasteiger partial charge in [0.2, 0.25) is 0 Å². The fraction of sp³-hybridized carbons (Fsp3) is 0.0385. The zero-order valence-corrected chi connectivity index (χ0v) is 18.4. The molecule has 3 aromatic carbocycles. The van der Waals surface area contributed by atoms with E-state index in [1.807, 2.05) is 13.0 Å². The maximum Gasteiger partial charge on any atom is 0.266 e. The van der Waals surface area contributed by atoms with Crippen molar-refractivity contribution >= 4 is 40.6 Å². The fourth-order valence-corrected chi connectivity index (χ4v) is 3.72. The van der Waals surface area contributed by atoms with Crippen LogP contribution in [-0.2, 0) is 0 Å². The number of carbonyl (C=O) groups excluding carboxylic acids is 3. The molecule has 0 saturated carbocycles. The monoisotopic (exact) mass is 467 g/mol. The third-order valence-electron chi connectivity index (χ3n) is 5.45. The summed E-state index contributed by atoms with van der Waals surface area (Å²) in [6, 6.07) is 18.2. The molecule has 1 aliphatic heterocycles. The molecule has 1 aliphatic rings. The molecule has 0 fully saturated rings. The van der Waals surface area contributed by atoms with E-state index in [1.165, 1.54) is 48.8 Å². The lowest BCUT2D eigenvalue weighted by Crippen LogP contribution is -2.29. The molecule has 0 atom stereocenters. The first kappa shape index (κ1) is 21.9. The highest BCUT2D eigenvalue weighted by Gasteiger charge is 2.37. The Kier molecular flexibility index (Phi) is 5.50. The molecule has 2 N–H and O–H groups in total. The number of nitrogens with zero attached hydrogens (tertiary/aromatic N) is 3. The van der Waals surface area contributed by atoms with Crippen LogP contribution >= 0.6 is 0 Å². The van der Waals surface area contributed by atoms with Crippen LogP contribution in [0.1, 0.15) is 36.8 Å². The van der Waals surface area contributed by atoms with Crippen LogP contribution in [0.25, 0.3) is 0 Å². The van der Waals surface area contributed by atoms with Gasteiger partial charge in [-0.25, -0.2) is 19.3 Å². The number of anilines is 4. The molecule has 0 aliphatic carbocycles.